The van der Waals surface area contributed by atoms with E-state index in [1.54, 1.807) is 19.2 Å². The molecule has 0 aliphatic heterocycles. The molecule has 0 N–H and O–H groups in total. The van der Waals surface area contributed by atoms with Crippen LogP contribution in [0.1, 0.15) is 30.1 Å². The molecule has 1 aromatic carbocycles. The summed E-state index contributed by atoms with van der Waals surface area (Å²) in [5, 5.41) is 0. The molecule has 0 heterocycles. The standard InChI is InChI=1S/C13H18O3/c1-11(15-2)7-6-10-16-13(14)12-8-4-3-5-9-12/h3-5,8-9,11H,6-7,10H2,1-2H3. The zero-order valence-corrected chi connectivity index (χ0v) is 9.81. The third-order valence-electron chi connectivity index (χ3n) is 2.40. The van der Waals surface area contributed by atoms with E-state index in [0.29, 0.717) is 12.2 Å². The van der Waals surface area contributed by atoms with Gasteiger partial charge in [-0.1, -0.05) is 18.2 Å². The van der Waals surface area contributed by atoms with Crippen molar-refractivity contribution in [3.63, 3.8) is 0 Å². The summed E-state index contributed by atoms with van der Waals surface area (Å²) in [4.78, 5) is 11.5. The fraction of sp³-hybridized carbons (Fsp3) is 0.462. The number of hydrogen-bond acceptors (Lipinski definition) is 3. The molecule has 1 aromatic rings. The van der Waals surface area contributed by atoms with Gasteiger partial charge in [-0.3, -0.25) is 0 Å². The Kier molecular flexibility index (Phi) is 5.57. The second-order valence-corrected chi connectivity index (χ2v) is 3.69. The van der Waals surface area contributed by atoms with E-state index in [2.05, 4.69) is 0 Å². The van der Waals surface area contributed by atoms with Crippen LogP contribution in [0, 0.1) is 0 Å². The van der Waals surface area contributed by atoms with Gasteiger partial charge in [-0.25, -0.2) is 4.79 Å². The minimum atomic E-state index is -0.259. The number of rotatable bonds is 6. The normalized spacial score (nSPS) is 12.1. The third-order valence-corrected chi connectivity index (χ3v) is 2.40. The second-order valence-electron chi connectivity index (χ2n) is 3.69. The lowest BCUT2D eigenvalue weighted by Gasteiger charge is -2.09. The quantitative estimate of drug-likeness (QED) is 0.548. The number of ether oxygens (including phenoxy) is 2. The van der Waals surface area contributed by atoms with Crippen molar-refractivity contribution in [2.75, 3.05) is 13.7 Å². The minimum absolute atomic E-state index is 0.218. The Bertz CT molecular complexity index is 308. The number of carbonyl (C=O) groups excluding carboxylic acids is 1. The molecular weight excluding hydrogens is 204 g/mol. The molecule has 1 unspecified atom stereocenters. The molecule has 88 valence electrons. The highest BCUT2D eigenvalue weighted by Gasteiger charge is 2.06. The van der Waals surface area contributed by atoms with Gasteiger partial charge in [0.05, 0.1) is 18.3 Å². The van der Waals surface area contributed by atoms with Crippen LogP contribution in [-0.2, 0) is 9.47 Å². The highest BCUT2D eigenvalue weighted by Crippen LogP contribution is 2.04. The number of esters is 1. The molecule has 0 fully saturated rings. The minimum Gasteiger partial charge on any atom is -0.462 e. The molecule has 0 bridgehead atoms. The van der Waals surface area contributed by atoms with Crippen molar-refractivity contribution in [2.45, 2.75) is 25.9 Å². The van der Waals surface area contributed by atoms with Gasteiger partial charge < -0.3 is 9.47 Å². The van der Waals surface area contributed by atoms with Gasteiger partial charge in [0.25, 0.3) is 0 Å². The predicted molar refractivity (Wildman–Crippen MR) is 62.4 cm³/mol. The molecule has 0 saturated carbocycles. The number of methoxy groups -OCH3 is 1. The zero-order chi connectivity index (χ0) is 11.8. The van der Waals surface area contributed by atoms with Gasteiger partial charge in [-0.2, -0.15) is 0 Å². The Hall–Kier alpha value is -1.35. The maximum atomic E-state index is 11.5. The van der Waals surface area contributed by atoms with Crippen molar-refractivity contribution in [1.82, 2.24) is 0 Å². The Morgan fingerprint density at radius 1 is 1.31 bits per heavy atom. The van der Waals surface area contributed by atoms with Crippen LogP contribution in [-0.4, -0.2) is 25.8 Å². The Morgan fingerprint density at radius 3 is 2.62 bits per heavy atom. The third kappa shape index (κ3) is 4.45. The highest BCUT2D eigenvalue weighted by molar-refractivity contribution is 5.89. The zero-order valence-electron chi connectivity index (χ0n) is 9.81. The molecule has 0 radical (unpaired) electrons. The van der Waals surface area contributed by atoms with Crippen LogP contribution >= 0.6 is 0 Å². The highest BCUT2D eigenvalue weighted by atomic mass is 16.5. The molecule has 0 aliphatic rings. The summed E-state index contributed by atoms with van der Waals surface area (Å²) in [6.45, 7) is 2.44. The van der Waals surface area contributed by atoms with Gasteiger partial charge in [0, 0.05) is 7.11 Å². The number of benzene rings is 1. The summed E-state index contributed by atoms with van der Waals surface area (Å²) in [5.74, 6) is -0.259. The van der Waals surface area contributed by atoms with E-state index in [0.717, 1.165) is 12.8 Å². The van der Waals surface area contributed by atoms with Crippen molar-refractivity contribution in [3.8, 4) is 0 Å². The van der Waals surface area contributed by atoms with Crippen molar-refractivity contribution >= 4 is 5.97 Å². The van der Waals surface area contributed by atoms with Crippen LogP contribution < -0.4 is 0 Å². The van der Waals surface area contributed by atoms with Gasteiger partial charge in [0.2, 0.25) is 0 Å². The summed E-state index contributed by atoms with van der Waals surface area (Å²) in [5.41, 5.74) is 0.599. The predicted octanol–water partition coefficient (Wildman–Crippen LogP) is 2.66. The van der Waals surface area contributed by atoms with Crippen molar-refractivity contribution in [1.29, 1.82) is 0 Å². The van der Waals surface area contributed by atoms with Gasteiger partial charge in [0.15, 0.2) is 0 Å². The summed E-state index contributed by atoms with van der Waals surface area (Å²) >= 11 is 0. The van der Waals surface area contributed by atoms with Crippen molar-refractivity contribution < 1.29 is 14.3 Å². The molecule has 0 aliphatic carbocycles. The van der Waals surface area contributed by atoms with Crippen LogP contribution in [0.2, 0.25) is 0 Å². The van der Waals surface area contributed by atoms with Crippen LogP contribution in [0.4, 0.5) is 0 Å². The van der Waals surface area contributed by atoms with E-state index in [1.165, 1.54) is 0 Å². The number of hydrogen-bond donors (Lipinski definition) is 0. The van der Waals surface area contributed by atoms with Crippen LogP contribution in [0.3, 0.4) is 0 Å². The van der Waals surface area contributed by atoms with Crippen molar-refractivity contribution in [3.05, 3.63) is 35.9 Å². The van der Waals surface area contributed by atoms with Crippen LogP contribution in [0.15, 0.2) is 30.3 Å². The summed E-state index contributed by atoms with van der Waals surface area (Å²) in [6, 6.07) is 9.02. The molecule has 0 amide bonds. The van der Waals surface area contributed by atoms with Crippen molar-refractivity contribution in [2.24, 2.45) is 0 Å². The molecule has 0 spiro atoms. The largest absolute Gasteiger partial charge is 0.462 e. The molecule has 0 saturated heterocycles. The first-order valence-corrected chi connectivity index (χ1v) is 5.49. The average Bonchev–Trinajstić information content (AvgIpc) is 2.35. The lowest BCUT2D eigenvalue weighted by Crippen LogP contribution is -2.09. The maximum absolute atomic E-state index is 11.5. The Morgan fingerprint density at radius 2 is 2.00 bits per heavy atom. The second kappa shape index (κ2) is 7.01. The lowest BCUT2D eigenvalue weighted by atomic mass is 10.2. The number of carbonyl (C=O) groups is 1. The molecule has 16 heavy (non-hydrogen) atoms. The molecule has 3 nitrogen and oxygen atoms in total. The smallest absolute Gasteiger partial charge is 0.338 e. The van der Waals surface area contributed by atoms with E-state index < -0.39 is 0 Å². The molecule has 3 heteroatoms. The van der Waals surface area contributed by atoms with Gasteiger partial charge in [0.1, 0.15) is 0 Å². The first kappa shape index (κ1) is 12.7. The van der Waals surface area contributed by atoms with E-state index in [4.69, 9.17) is 9.47 Å². The molecular formula is C13H18O3. The van der Waals surface area contributed by atoms with Crippen LogP contribution in [0.25, 0.3) is 0 Å². The van der Waals surface area contributed by atoms with E-state index in [9.17, 15) is 4.79 Å². The Labute approximate surface area is 96.4 Å². The fourth-order valence-electron chi connectivity index (χ4n) is 1.31. The topological polar surface area (TPSA) is 35.5 Å². The molecule has 1 atom stereocenters. The average molecular weight is 222 g/mol. The molecule has 1 rings (SSSR count). The Balaban J connectivity index is 2.21. The SMILES string of the molecule is COC(C)CCCOC(=O)c1ccccc1. The van der Waals surface area contributed by atoms with E-state index in [-0.39, 0.29) is 12.1 Å². The van der Waals surface area contributed by atoms with Gasteiger partial charge in [-0.05, 0) is 31.9 Å². The van der Waals surface area contributed by atoms with Crippen LogP contribution in [0.5, 0.6) is 0 Å². The monoisotopic (exact) mass is 222 g/mol. The first-order valence-electron chi connectivity index (χ1n) is 5.49. The maximum Gasteiger partial charge on any atom is 0.338 e. The lowest BCUT2D eigenvalue weighted by molar-refractivity contribution is 0.0463. The fourth-order valence-corrected chi connectivity index (χ4v) is 1.31. The van der Waals surface area contributed by atoms with E-state index >= 15 is 0 Å². The van der Waals surface area contributed by atoms with Gasteiger partial charge >= 0.3 is 5.97 Å². The van der Waals surface area contributed by atoms with E-state index in [1.807, 2.05) is 25.1 Å². The first-order chi connectivity index (χ1) is 7.74. The summed E-state index contributed by atoms with van der Waals surface area (Å²) in [6.07, 6.45) is 1.95. The summed E-state index contributed by atoms with van der Waals surface area (Å²) < 4.78 is 10.2. The summed E-state index contributed by atoms with van der Waals surface area (Å²) in [7, 11) is 1.68. The molecule has 0 aromatic heterocycles. The van der Waals surface area contributed by atoms with Gasteiger partial charge in [-0.15, -0.1) is 0 Å².